The van der Waals surface area contributed by atoms with Gasteiger partial charge in [0.15, 0.2) is 5.65 Å². The molecule has 1 saturated heterocycles. The molecule has 1 amide bonds. The molecule has 3 aromatic carbocycles. The molecule has 0 aliphatic carbocycles. The maximum absolute atomic E-state index is 14.1. The molecule has 4 heterocycles. The fourth-order valence-electron chi connectivity index (χ4n) is 7.18. The van der Waals surface area contributed by atoms with Gasteiger partial charge in [0.2, 0.25) is 0 Å². The lowest BCUT2D eigenvalue weighted by atomic mass is 9.94. The zero-order valence-electron chi connectivity index (χ0n) is 29.8. The van der Waals surface area contributed by atoms with Crippen molar-refractivity contribution in [2.45, 2.75) is 70.5 Å². The molecule has 1 unspecified atom stereocenters. The highest BCUT2D eigenvalue weighted by Gasteiger charge is 2.28. The predicted octanol–water partition coefficient (Wildman–Crippen LogP) is 7.41. The molecule has 0 saturated carbocycles. The summed E-state index contributed by atoms with van der Waals surface area (Å²) < 4.78 is 35.1. The minimum absolute atomic E-state index is 0.199. The molecule has 2 aliphatic heterocycles. The summed E-state index contributed by atoms with van der Waals surface area (Å²) in [5.74, 6) is 0.342. The number of aromatic nitrogens is 2. The van der Waals surface area contributed by atoms with Crippen LogP contribution in [0.2, 0.25) is 0 Å². The number of aliphatic hydroxyl groups is 1. The van der Waals surface area contributed by atoms with E-state index in [2.05, 4.69) is 35.2 Å². The number of aliphatic hydroxyl groups excluding tert-OH is 1. The number of pyridine rings is 1. The third-order valence-corrected chi connectivity index (χ3v) is 11.6. The Kier molecular flexibility index (Phi) is 9.52. The van der Waals surface area contributed by atoms with Crippen LogP contribution < -0.4 is 0 Å². The number of amides is 1. The summed E-state index contributed by atoms with van der Waals surface area (Å²) in [5, 5.41) is 10.4. The number of hydrogen-bond donors (Lipinski definition) is 1. The van der Waals surface area contributed by atoms with Crippen molar-refractivity contribution in [3.05, 3.63) is 107 Å². The van der Waals surface area contributed by atoms with Crippen LogP contribution in [0, 0.1) is 12.8 Å². The first kappa shape index (κ1) is 34.9. The van der Waals surface area contributed by atoms with E-state index in [0.29, 0.717) is 31.1 Å². The first-order chi connectivity index (χ1) is 24.4. The molecule has 266 valence electrons. The van der Waals surface area contributed by atoms with E-state index in [9.17, 15) is 18.3 Å². The molecule has 51 heavy (non-hydrogen) atoms. The van der Waals surface area contributed by atoms with Gasteiger partial charge in [0.25, 0.3) is 10.0 Å². The van der Waals surface area contributed by atoms with Crippen molar-refractivity contribution < 1.29 is 23.1 Å². The lowest BCUT2D eigenvalue weighted by Gasteiger charge is -2.31. The van der Waals surface area contributed by atoms with Crippen molar-refractivity contribution in [3.8, 4) is 22.3 Å². The monoisotopic (exact) mass is 706 g/mol. The van der Waals surface area contributed by atoms with E-state index in [4.69, 9.17) is 9.72 Å². The van der Waals surface area contributed by atoms with E-state index in [0.717, 1.165) is 76.8 Å². The van der Waals surface area contributed by atoms with Crippen LogP contribution in [0.5, 0.6) is 0 Å². The average molecular weight is 707 g/mol. The van der Waals surface area contributed by atoms with Crippen LogP contribution in [0.4, 0.5) is 4.79 Å². The molecular weight excluding hydrogens is 661 g/mol. The molecule has 2 aromatic heterocycles. The van der Waals surface area contributed by atoms with Crippen LogP contribution in [-0.2, 0) is 34.3 Å². The maximum Gasteiger partial charge on any atom is 0.410 e. The van der Waals surface area contributed by atoms with Crippen LogP contribution in [0.3, 0.4) is 0 Å². The van der Waals surface area contributed by atoms with Crippen LogP contribution in [0.1, 0.15) is 55.9 Å². The lowest BCUT2D eigenvalue weighted by molar-refractivity contribution is 0.0224. The molecule has 2 aliphatic rings. The van der Waals surface area contributed by atoms with Crippen molar-refractivity contribution in [1.29, 1.82) is 0 Å². The maximum atomic E-state index is 14.1. The summed E-state index contributed by atoms with van der Waals surface area (Å²) in [6, 6.07) is 23.5. The quantitative estimate of drug-likeness (QED) is 0.188. The Morgan fingerprint density at radius 3 is 2.41 bits per heavy atom. The molecule has 9 nitrogen and oxygen atoms in total. The van der Waals surface area contributed by atoms with Crippen molar-refractivity contribution in [2.24, 2.45) is 5.92 Å². The van der Waals surface area contributed by atoms with Gasteiger partial charge >= 0.3 is 6.09 Å². The highest BCUT2D eigenvalue weighted by molar-refractivity contribution is 7.90. The highest BCUT2D eigenvalue weighted by Crippen LogP contribution is 2.36. The van der Waals surface area contributed by atoms with Gasteiger partial charge in [-0.2, -0.15) is 0 Å². The third-order valence-electron chi connectivity index (χ3n) is 9.93. The number of hydrogen-bond acceptors (Lipinski definition) is 7. The Balaban J connectivity index is 1.24. The zero-order valence-corrected chi connectivity index (χ0v) is 30.6. The molecule has 1 N–H and O–H groups in total. The normalized spacial score (nSPS) is 17.0. The number of carbonyl (C=O) groups excluding carboxylic acids is 1. The number of aryl methyl sites for hydroxylation is 1. The van der Waals surface area contributed by atoms with E-state index >= 15 is 0 Å². The molecule has 0 radical (unpaired) electrons. The molecule has 1 atom stereocenters. The Bertz CT molecular complexity index is 2170. The van der Waals surface area contributed by atoms with Crippen molar-refractivity contribution in [2.75, 3.05) is 26.2 Å². The van der Waals surface area contributed by atoms with Crippen LogP contribution in [-0.4, -0.2) is 70.2 Å². The minimum atomic E-state index is -3.95. The number of fused-ring (bicyclic) bond motifs is 2. The SMILES string of the molecule is Cc1ccc(S(=O)(=O)n2cc(-c3ccc4c(c3)CCN(C(=O)OC(C)(C)C)C4)c3cc(-c4ccc(CN5CCCC(CO)C5)cc4)cnc32)cc1. The molecule has 0 spiro atoms. The second-order valence-electron chi connectivity index (χ2n) is 15.0. The highest BCUT2D eigenvalue weighted by atomic mass is 32.2. The van der Waals surface area contributed by atoms with Gasteiger partial charge in [-0.25, -0.2) is 22.2 Å². The van der Waals surface area contributed by atoms with E-state index in [-0.39, 0.29) is 17.6 Å². The topological polar surface area (TPSA) is 105 Å². The Morgan fingerprint density at radius 1 is 0.941 bits per heavy atom. The Hall–Kier alpha value is -4.51. The summed E-state index contributed by atoms with van der Waals surface area (Å²) in [7, 11) is -3.95. The van der Waals surface area contributed by atoms with E-state index in [1.165, 1.54) is 9.54 Å². The standard InChI is InChI=1S/C41H46N4O5S/c1-28-7-15-36(16-8-28)51(48,49)45-26-38(33-13-14-34-25-44(19-17-32(34)20-33)40(47)50-41(2,3)4)37-21-35(22-42-39(37)45)31-11-9-29(10-12-31)23-43-18-5-6-30(24-43)27-46/h7-16,20-22,26,30,46H,5-6,17-19,23-25,27H2,1-4H3. The van der Waals surface area contributed by atoms with Crippen LogP contribution in [0.25, 0.3) is 33.3 Å². The number of piperidine rings is 1. The largest absolute Gasteiger partial charge is 0.444 e. The van der Waals surface area contributed by atoms with Gasteiger partial charge in [0.05, 0.1) is 4.90 Å². The lowest BCUT2D eigenvalue weighted by Crippen LogP contribution is -2.39. The number of rotatable bonds is 7. The van der Waals surface area contributed by atoms with Crippen LogP contribution in [0.15, 0.2) is 90.1 Å². The Labute approximate surface area is 300 Å². The fourth-order valence-corrected chi connectivity index (χ4v) is 8.51. The van der Waals surface area contributed by atoms with Gasteiger partial charge in [0, 0.05) is 61.7 Å². The molecule has 7 rings (SSSR count). The number of nitrogens with zero attached hydrogens (tertiary/aromatic N) is 4. The second-order valence-corrected chi connectivity index (χ2v) is 16.8. The fraction of sp³-hybridized carbons (Fsp3) is 0.366. The third kappa shape index (κ3) is 7.45. The average Bonchev–Trinajstić information content (AvgIpc) is 3.51. The van der Waals surface area contributed by atoms with E-state index in [1.54, 1.807) is 41.6 Å². The summed E-state index contributed by atoms with van der Waals surface area (Å²) in [6.07, 6.45) is 5.96. The minimum Gasteiger partial charge on any atom is -0.444 e. The summed E-state index contributed by atoms with van der Waals surface area (Å²) in [5.41, 5.74) is 7.69. The number of benzene rings is 3. The summed E-state index contributed by atoms with van der Waals surface area (Å²) >= 11 is 0. The number of likely N-dealkylation sites (tertiary alicyclic amines) is 1. The first-order valence-electron chi connectivity index (χ1n) is 17.7. The molecule has 0 bridgehead atoms. The second kappa shape index (κ2) is 13.9. The van der Waals surface area contributed by atoms with Gasteiger partial charge in [-0.1, -0.05) is 60.2 Å². The molecule has 1 fully saturated rings. The smallest absolute Gasteiger partial charge is 0.410 e. The van der Waals surface area contributed by atoms with Crippen molar-refractivity contribution in [1.82, 2.24) is 18.8 Å². The molecular formula is C41H46N4O5S. The molecule has 5 aromatic rings. The van der Waals surface area contributed by atoms with Crippen LogP contribution >= 0.6 is 0 Å². The number of ether oxygens (including phenoxy) is 1. The molecule has 10 heteroatoms. The zero-order chi connectivity index (χ0) is 35.9. The Morgan fingerprint density at radius 2 is 1.69 bits per heavy atom. The van der Waals surface area contributed by atoms with Crippen molar-refractivity contribution >= 4 is 27.1 Å². The van der Waals surface area contributed by atoms with Crippen molar-refractivity contribution in [3.63, 3.8) is 0 Å². The van der Waals surface area contributed by atoms with E-state index in [1.807, 2.05) is 45.9 Å². The number of carbonyl (C=O) groups is 1. The first-order valence-corrected chi connectivity index (χ1v) is 19.2. The summed E-state index contributed by atoms with van der Waals surface area (Å²) in [4.78, 5) is 21.9. The van der Waals surface area contributed by atoms with Gasteiger partial charge < -0.3 is 14.7 Å². The van der Waals surface area contributed by atoms with Gasteiger partial charge in [-0.15, -0.1) is 0 Å². The van der Waals surface area contributed by atoms with Gasteiger partial charge in [-0.05, 0) is 105 Å². The summed E-state index contributed by atoms with van der Waals surface area (Å²) in [6.45, 7) is 11.5. The van der Waals surface area contributed by atoms with E-state index < -0.39 is 15.6 Å². The predicted molar refractivity (Wildman–Crippen MR) is 200 cm³/mol. The van der Waals surface area contributed by atoms with Gasteiger partial charge in [-0.3, -0.25) is 4.90 Å². The van der Waals surface area contributed by atoms with Gasteiger partial charge in [0.1, 0.15) is 5.60 Å².